The second kappa shape index (κ2) is 7.99. The van der Waals surface area contributed by atoms with Crippen molar-refractivity contribution in [2.75, 3.05) is 11.9 Å². The Balaban J connectivity index is 1.86. The van der Waals surface area contributed by atoms with Gasteiger partial charge in [0.05, 0.1) is 29.6 Å². The van der Waals surface area contributed by atoms with E-state index < -0.39 is 0 Å². The molecule has 0 fully saturated rings. The molecule has 0 spiro atoms. The fraction of sp³-hybridized carbons (Fsp3) is 0.250. The van der Waals surface area contributed by atoms with Crippen LogP contribution in [0.4, 0.5) is 11.5 Å². The van der Waals surface area contributed by atoms with Crippen LogP contribution in [0.5, 0.6) is 0 Å². The smallest absolute Gasteiger partial charge is 0.338 e. The second-order valence-electron chi connectivity index (χ2n) is 6.19. The number of aromatic nitrogens is 4. The predicted molar refractivity (Wildman–Crippen MR) is 104 cm³/mol. The predicted octanol–water partition coefficient (Wildman–Crippen LogP) is 3.40. The summed E-state index contributed by atoms with van der Waals surface area (Å²) < 4.78 is 6.59. The highest BCUT2D eigenvalue weighted by Crippen LogP contribution is 2.20. The van der Waals surface area contributed by atoms with E-state index in [9.17, 15) is 9.59 Å². The molecule has 3 rings (SSSR count). The lowest BCUT2D eigenvalue weighted by molar-refractivity contribution is 0.0526. The summed E-state index contributed by atoms with van der Waals surface area (Å²) in [6.07, 6.45) is 1.54. The molecule has 0 aliphatic rings. The van der Waals surface area contributed by atoms with Crippen LogP contribution in [0, 0.1) is 13.8 Å². The molecule has 0 saturated carbocycles. The summed E-state index contributed by atoms with van der Waals surface area (Å²) in [5.74, 6) is 1.29. The normalized spacial score (nSPS) is 10.6. The summed E-state index contributed by atoms with van der Waals surface area (Å²) in [6.45, 7) is 7.21. The van der Waals surface area contributed by atoms with Crippen LogP contribution in [-0.4, -0.2) is 38.1 Å². The molecule has 0 aliphatic carbocycles. The highest BCUT2D eigenvalue weighted by molar-refractivity contribution is 5.95. The molecule has 1 N–H and O–H groups in total. The molecule has 0 saturated heterocycles. The van der Waals surface area contributed by atoms with Crippen molar-refractivity contribution in [3.8, 4) is 5.82 Å². The molecule has 144 valence electrons. The van der Waals surface area contributed by atoms with E-state index in [2.05, 4.69) is 20.4 Å². The number of nitrogens with one attached hydrogen (secondary N) is 1. The van der Waals surface area contributed by atoms with Gasteiger partial charge in [-0.3, -0.25) is 4.79 Å². The molecule has 0 amide bonds. The molecule has 28 heavy (non-hydrogen) atoms. The van der Waals surface area contributed by atoms with Gasteiger partial charge in [0.15, 0.2) is 11.6 Å². The number of rotatable bonds is 6. The topological polar surface area (TPSA) is 99.0 Å². The fourth-order valence-corrected chi connectivity index (χ4v) is 2.76. The lowest BCUT2D eigenvalue weighted by Gasteiger charge is -2.10. The molecule has 8 heteroatoms. The number of nitrogens with zero attached hydrogens (tertiary/aromatic N) is 4. The number of carbonyl (C=O) groups excluding carboxylic acids is 2. The number of anilines is 2. The fourth-order valence-electron chi connectivity index (χ4n) is 2.76. The van der Waals surface area contributed by atoms with Gasteiger partial charge in [-0.05, 0) is 52.0 Å². The van der Waals surface area contributed by atoms with Crippen LogP contribution in [0.2, 0.25) is 0 Å². The summed E-state index contributed by atoms with van der Waals surface area (Å²) in [6, 6.07) is 8.67. The monoisotopic (exact) mass is 379 g/mol. The van der Waals surface area contributed by atoms with E-state index in [1.54, 1.807) is 48.9 Å². The maximum atomic E-state index is 11.7. The van der Waals surface area contributed by atoms with Crippen molar-refractivity contribution in [2.24, 2.45) is 0 Å². The molecule has 2 heterocycles. The van der Waals surface area contributed by atoms with E-state index in [4.69, 9.17) is 4.74 Å². The van der Waals surface area contributed by atoms with E-state index in [1.165, 1.54) is 13.1 Å². The highest BCUT2D eigenvalue weighted by Gasteiger charge is 2.14. The van der Waals surface area contributed by atoms with Crippen LogP contribution in [0.15, 0.2) is 36.5 Å². The van der Waals surface area contributed by atoms with Crippen LogP contribution in [0.3, 0.4) is 0 Å². The molecule has 1 aromatic carbocycles. The Kier molecular flexibility index (Phi) is 5.49. The van der Waals surface area contributed by atoms with Crippen molar-refractivity contribution < 1.29 is 14.3 Å². The van der Waals surface area contributed by atoms with Crippen molar-refractivity contribution >= 4 is 23.3 Å². The average molecular weight is 379 g/mol. The Morgan fingerprint density at radius 2 is 1.86 bits per heavy atom. The van der Waals surface area contributed by atoms with E-state index in [0.29, 0.717) is 35.2 Å². The average Bonchev–Trinajstić information content (AvgIpc) is 3.04. The Labute approximate surface area is 162 Å². The first kappa shape index (κ1) is 19.2. The van der Waals surface area contributed by atoms with Crippen molar-refractivity contribution in [3.63, 3.8) is 0 Å². The van der Waals surface area contributed by atoms with Gasteiger partial charge in [0.2, 0.25) is 0 Å². The summed E-state index contributed by atoms with van der Waals surface area (Å²) >= 11 is 0. The Hall–Kier alpha value is -3.55. The van der Waals surface area contributed by atoms with Crippen LogP contribution in [0.1, 0.15) is 46.1 Å². The first-order valence-corrected chi connectivity index (χ1v) is 8.85. The van der Waals surface area contributed by atoms with Gasteiger partial charge < -0.3 is 10.1 Å². The van der Waals surface area contributed by atoms with E-state index >= 15 is 0 Å². The van der Waals surface area contributed by atoms with Crippen LogP contribution >= 0.6 is 0 Å². The van der Waals surface area contributed by atoms with Crippen LogP contribution < -0.4 is 5.32 Å². The third-order valence-electron chi connectivity index (χ3n) is 4.10. The maximum absolute atomic E-state index is 11.7. The summed E-state index contributed by atoms with van der Waals surface area (Å²) in [4.78, 5) is 32.2. The minimum atomic E-state index is -0.357. The van der Waals surface area contributed by atoms with E-state index in [0.717, 1.165) is 11.4 Å². The number of aryl methyl sites for hydroxylation is 1. The second-order valence-corrected chi connectivity index (χ2v) is 6.19. The Morgan fingerprint density at radius 3 is 2.46 bits per heavy atom. The standard InChI is InChI=1S/C20H21N5O3/c1-5-28-20(27)15-6-8-16(9-7-15)24-18-10-19(23-14(4)22-18)25-12(2)17(11-21-25)13(3)26/h6-11H,5H2,1-4H3,(H,22,23,24). The largest absolute Gasteiger partial charge is 0.462 e. The van der Waals surface area contributed by atoms with Gasteiger partial charge >= 0.3 is 5.97 Å². The van der Waals surface area contributed by atoms with Crippen molar-refractivity contribution in [1.29, 1.82) is 0 Å². The van der Waals surface area contributed by atoms with Gasteiger partial charge in [-0.1, -0.05) is 0 Å². The number of hydrogen-bond donors (Lipinski definition) is 1. The van der Waals surface area contributed by atoms with Crippen molar-refractivity contribution in [1.82, 2.24) is 19.7 Å². The number of benzene rings is 1. The molecule has 0 atom stereocenters. The van der Waals surface area contributed by atoms with Crippen LogP contribution in [0.25, 0.3) is 5.82 Å². The number of ether oxygens (including phenoxy) is 1. The minimum absolute atomic E-state index is 0.0467. The third-order valence-corrected chi connectivity index (χ3v) is 4.10. The minimum Gasteiger partial charge on any atom is -0.462 e. The first-order valence-electron chi connectivity index (χ1n) is 8.85. The number of carbonyl (C=O) groups is 2. The molecule has 3 aromatic rings. The quantitative estimate of drug-likeness (QED) is 0.517. The molecule has 0 aliphatic heterocycles. The molecule has 0 unspecified atom stereocenters. The molecule has 8 nitrogen and oxygen atoms in total. The van der Waals surface area contributed by atoms with Crippen LogP contribution in [-0.2, 0) is 4.74 Å². The molecule has 0 radical (unpaired) electrons. The number of Topliss-reactive ketones (excluding diaryl/α,β-unsaturated/α-hetero) is 1. The molecule has 0 bridgehead atoms. The summed E-state index contributed by atoms with van der Waals surface area (Å²) in [5, 5.41) is 7.46. The van der Waals surface area contributed by atoms with Gasteiger partial charge in [-0.25, -0.2) is 19.4 Å². The Morgan fingerprint density at radius 1 is 1.14 bits per heavy atom. The van der Waals surface area contributed by atoms with Crippen molar-refractivity contribution in [3.05, 3.63) is 59.2 Å². The van der Waals surface area contributed by atoms with Gasteiger partial charge in [0.25, 0.3) is 0 Å². The molecular formula is C20H21N5O3. The van der Waals surface area contributed by atoms with Gasteiger partial charge in [-0.15, -0.1) is 0 Å². The number of hydrogen-bond acceptors (Lipinski definition) is 7. The third kappa shape index (κ3) is 4.06. The zero-order chi connectivity index (χ0) is 20.3. The molecule has 2 aromatic heterocycles. The summed E-state index contributed by atoms with van der Waals surface area (Å²) in [5.41, 5.74) is 2.52. The van der Waals surface area contributed by atoms with Crippen molar-refractivity contribution in [2.45, 2.75) is 27.7 Å². The van der Waals surface area contributed by atoms with Gasteiger partial charge in [0.1, 0.15) is 11.6 Å². The Bertz CT molecular complexity index is 1020. The van der Waals surface area contributed by atoms with Gasteiger partial charge in [0, 0.05) is 11.8 Å². The zero-order valence-electron chi connectivity index (χ0n) is 16.2. The lowest BCUT2D eigenvalue weighted by Crippen LogP contribution is -2.07. The maximum Gasteiger partial charge on any atom is 0.338 e. The van der Waals surface area contributed by atoms with Gasteiger partial charge in [-0.2, -0.15) is 5.10 Å². The SMILES string of the molecule is CCOC(=O)c1ccc(Nc2cc(-n3ncc(C(C)=O)c3C)nc(C)n2)cc1. The number of esters is 1. The van der Waals surface area contributed by atoms with E-state index in [-0.39, 0.29) is 11.8 Å². The lowest BCUT2D eigenvalue weighted by atomic mass is 10.2. The molecular weight excluding hydrogens is 358 g/mol. The number of ketones is 1. The zero-order valence-corrected chi connectivity index (χ0v) is 16.2. The summed E-state index contributed by atoms with van der Waals surface area (Å²) in [7, 11) is 0. The first-order chi connectivity index (χ1) is 13.4. The van der Waals surface area contributed by atoms with E-state index in [1.807, 2.05) is 6.92 Å². The highest BCUT2D eigenvalue weighted by atomic mass is 16.5.